The molecule has 4 N–H and O–H groups in total. The van der Waals surface area contributed by atoms with Gasteiger partial charge in [-0.25, -0.2) is 9.78 Å². The molecule has 14 heteroatoms. The minimum absolute atomic E-state index is 0.0640. The summed E-state index contributed by atoms with van der Waals surface area (Å²) in [6.07, 6.45) is 3.78. The molecule has 0 bridgehead atoms. The summed E-state index contributed by atoms with van der Waals surface area (Å²) in [6.45, 7) is 4.08. The van der Waals surface area contributed by atoms with Crippen LogP contribution in [0.1, 0.15) is 17.0 Å². The van der Waals surface area contributed by atoms with Crippen molar-refractivity contribution in [2.75, 3.05) is 18.6 Å². The van der Waals surface area contributed by atoms with Gasteiger partial charge in [-0.05, 0) is 19.9 Å². The largest absolute Gasteiger partial charge is 0.477 e. The highest BCUT2D eigenvalue weighted by molar-refractivity contribution is 8.00. The molecule has 2 atom stereocenters. The average molecular weight is 544 g/mol. The van der Waals surface area contributed by atoms with Crippen LogP contribution in [-0.4, -0.2) is 62.8 Å². The van der Waals surface area contributed by atoms with Crippen LogP contribution >= 0.6 is 23.1 Å². The summed E-state index contributed by atoms with van der Waals surface area (Å²) in [4.78, 5) is 48.3. The maximum atomic E-state index is 13.1. The normalized spacial score (nSPS) is 19.6. The number of amides is 2. The van der Waals surface area contributed by atoms with Crippen molar-refractivity contribution in [1.29, 1.82) is 0 Å². The van der Waals surface area contributed by atoms with Crippen molar-refractivity contribution in [3.8, 4) is 0 Å². The Morgan fingerprint density at radius 3 is 2.86 bits per heavy atom. The number of carbonyl (C=O) groups excluding carboxylic acids is 2. The highest BCUT2D eigenvalue weighted by atomic mass is 32.2. The Bertz CT molecular complexity index is 1510. The first-order valence-corrected chi connectivity index (χ1v) is 13.0. The van der Waals surface area contributed by atoms with Crippen LogP contribution in [0.2, 0.25) is 0 Å². The van der Waals surface area contributed by atoms with E-state index in [0.29, 0.717) is 17.9 Å². The Morgan fingerprint density at radius 1 is 1.41 bits per heavy atom. The Kier molecular flexibility index (Phi) is 6.37. The fraction of sp³-hybridized carbons (Fsp3) is 0.304. The van der Waals surface area contributed by atoms with Gasteiger partial charge in [-0.3, -0.25) is 14.5 Å². The summed E-state index contributed by atoms with van der Waals surface area (Å²) in [6, 6.07) is 0.996. The summed E-state index contributed by atoms with van der Waals surface area (Å²) >= 11 is 2.52. The van der Waals surface area contributed by atoms with Gasteiger partial charge in [0, 0.05) is 16.7 Å². The lowest BCUT2D eigenvalue weighted by Gasteiger charge is -2.49. The van der Waals surface area contributed by atoms with E-state index in [1.54, 1.807) is 5.38 Å². The molecule has 0 saturated carbocycles. The quantitative estimate of drug-likeness (QED) is 0.172. The maximum Gasteiger partial charge on any atom is 0.352 e. The van der Waals surface area contributed by atoms with Crippen molar-refractivity contribution in [2.45, 2.75) is 31.8 Å². The van der Waals surface area contributed by atoms with Crippen LogP contribution in [0.15, 0.2) is 44.7 Å². The van der Waals surface area contributed by atoms with E-state index in [1.165, 1.54) is 23.8 Å². The zero-order valence-corrected chi connectivity index (χ0v) is 21.7. The lowest BCUT2D eigenvalue weighted by atomic mass is 10.0. The first-order valence-electron chi connectivity index (χ1n) is 11.1. The van der Waals surface area contributed by atoms with Crippen molar-refractivity contribution in [3.05, 3.63) is 52.1 Å². The van der Waals surface area contributed by atoms with E-state index in [1.807, 2.05) is 36.9 Å². The van der Waals surface area contributed by atoms with Crippen LogP contribution in [-0.2, 0) is 25.8 Å². The van der Waals surface area contributed by atoms with Crippen LogP contribution < -0.4 is 15.6 Å². The van der Waals surface area contributed by atoms with Crippen LogP contribution in [0, 0.1) is 13.8 Å². The summed E-state index contributed by atoms with van der Waals surface area (Å²) in [7, 11) is 1.28. The number of aryl methyl sites for hydroxylation is 2. The van der Waals surface area contributed by atoms with Gasteiger partial charge in [0.25, 0.3) is 11.8 Å². The van der Waals surface area contributed by atoms with E-state index < -0.39 is 29.2 Å². The highest BCUT2D eigenvalue weighted by Gasteiger charge is 2.54. The standard InChI is InChI=1S/C23H22N6O6S2/c1-10-5-28(6-12-4-11(2)35-18(10)12)7-13-8-36-21-16(20(31)29(21)17(13)22(32)33)26-19(30)15(27-34-3)14-9-37-23(24)25-14/h4-6,9,16,21H,7-8H2,1-3H3,(H3-,24,25,26,30,32,33)/p+1/t16?,21-/m0/s1. The summed E-state index contributed by atoms with van der Waals surface area (Å²) in [5, 5.41) is 18.5. The number of aromatic nitrogens is 2. The number of thiazole rings is 1. The number of nitrogens with one attached hydrogen (secondary N) is 1. The third kappa shape index (κ3) is 4.42. The highest BCUT2D eigenvalue weighted by Crippen LogP contribution is 2.40. The van der Waals surface area contributed by atoms with Crippen molar-refractivity contribution in [3.63, 3.8) is 0 Å². The Balaban J connectivity index is 1.37. The molecule has 0 spiro atoms. The van der Waals surface area contributed by atoms with Gasteiger partial charge in [0.1, 0.15) is 41.3 Å². The second-order valence-electron chi connectivity index (χ2n) is 8.57. The molecule has 2 aliphatic heterocycles. The number of oxime groups is 1. The predicted octanol–water partition coefficient (Wildman–Crippen LogP) is 1.17. The van der Waals surface area contributed by atoms with Gasteiger partial charge >= 0.3 is 5.97 Å². The van der Waals surface area contributed by atoms with Crippen molar-refractivity contribution in [2.24, 2.45) is 5.16 Å². The number of carbonyl (C=O) groups is 3. The van der Waals surface area contributed by atoms with Gasteiger partial charge in [0.05, 0.1) is 10.9 Å². The fourth-order valence-electron chi connectivity index (χ4n) is 4.48. The molecule has 2 amide bonds. The lowest BCUT2D eigenvalue weighted by Crippen LogP contribution is -2.71. The SMILES string of the molecule is CON=C(C(=O)NC1C(=O)N2C(C(=O)O)=C(C[n+]3cc(C)c4oc(C)cc4c3)CS[C@@H]12)c1csc(N)n1. The summed E-state index contributed by atoms with van der Waals surface area (Å²) in [5.74, 6) is -1.23. The van der Waals surface area contributed by atoms with Gasteiger partial charge in [-0.15, -0.1) is 23.1 Å². The minimum Gasteiger partial charge on any atom is -0.477 e. The number of hydrogen-bond donors (Lipinski definition) is 3. The number of nitrogen functional groups attached to an aromatic ring is 1. The van der Waals surface area contributed by atoms with Crippen molar-refractivity contribution in [1.82, 2.24) is 15.2 Å². The molecule has 0 aliphatic carbocycles. The topological polar surface area (TPSA) is 164 Å². The number of thioether (sulfide) groups is 1. The molecule has 5 heterocycles. The first-order chi connectivity index (χ1) is 17.7. The van der Waals surface area contributed by atoms with Crippen LogP contribution in [0.4, 0.5) is 5.13 Å². The second-order valence-corrected chi connectivity index (χ2v) is 10.6. The molecule has 0 radical (unpaired) electrons. The van der Waals surface area contributed by atoms with Crippen LogP contribution in [0.3, 0.4) is 0 Å². The van der Waals surface area contributed by atoms with Gasteiger partial charge < -0.3 is 25.4 Å². The molecule has 1 unspecified atom stereocenters. The van der Waals surface area contributed by atoms with Crippen molar-refractivity contribution < 1.29 is 33.3 Å². The third-order valence-electron chi connectivity index (χ3n) is 5.98. The van der Waals surface area contributed by atoms with Crippen LogP contribution in [0.5, 0.6) is 0 Å². The maximum absolute atomic E-state index is 13.1. The number of carboxylic acid groups (broad SMARTS) is 1. The molecule has 192 valence electrons. The number of nitrogens with zero attached hydrogens (tertiary/aromatic N) is 4. The number of carboxylic acids is 1. The number of aliphatic carboxylic acids is 1. The Hall–Kier alpha value is -3.91. The molecular weight excluding hydrogens is 520 g/mol. The first kappa shape index (κ1) is 24.8. The minimum atomic E-state index is -1.20. The molecule has 2 aliphatic rings. The molecule has 3 aromatic rings. The molecule has 3 aromatic heterocycles. The number of pyridine rings is 1. The van der Waals surface area contributed by atoms with Crippen LogP contribution in [0.25, 0.3) is 11.0 Å². The van der Waals surface area contributed by atoms with Gasteiger partial charge in [-0.1, -0.05) is 5.16 Å². The smallest absolute Gasteiger partial charge is 0.352 e. The fourth-order valence-corrected chi connectivity index (χ4v) is 6.36. The van der Waals surface area contributed by atoms with Crippen molar-refractivity contribution >= 4 is 62.7 Å². The van der Waals surface area contributed by atoms with Gasteiger partial charge in [0.15, 0.2) is 29.8 Å². The number of furan rings is 1. The summed E-state index contributed by atoms with van der Waals surface area (Å²) in [5.41, 5.74) is 7.98. The second kappa shape index (κ2) is 9.52. The monoisotopic (exact) mass is 543 g/mol. The predicted molar refractivity (Wildman–Crippen MR) is 136 cm³/mol. The number of β-lactam (4-membered cyclic amide) rings is 1. The number of nitrogens with two attached hydrogens (primary N) is 1. The average Bonchev–Trinajstić information content (AvgIpc) is 3.45. The lowest BCUT2D eigenvalue weighted by molar-refractivity contribution is -0.688. The summed E-state index contributed by atoms with van der Waals surface area (Å²) < 4.78 is 7.62. The molecule has 0 aromatic carbocycles. The molecule has 1 saturated heterocycles. The van der Waals surface area contributed by atoms with Gasteiger partial charge in [0.2, 0.25) is 0 Å². The zero-order chi connectivity index (χ0) is 26.4. The van der Waals surface area contributed by atoms with E-state index in [2.05, 4.69) is 15.5 Å². The zero-order valence-electron chi connectivity index (χ0n) is 20.0. The number of rotatable bonds is 7. The molecule has 12 nitrogen and oxygen atoms in total. The van der Waals surface area contributed by atoms with Gasteiger partial charge in [-0.2, -0.15) is 4.57 Å². The number of hydrogen-bond acceptors (Lipinski definition) is 10. The van der Waals surface area contributed by atoms with E-state index >= 15 is 0 Å². The molecule has 1 fully saturated rings. The van der Waals surface area contributed by atoms with E-state index in [9.17, 15) is 19.5 Å². The number of anilines is 1. The third-order valence-corrected chi connectivity index (χ3v) is 7.99. The Labute approximate surface area is 218 Å². The molecule has 37 heavy (non-hydrogen) atoms. The van der Waals surface area contributed by atoms with E-state index in [4.69, 9.17) is 15.0 Å². The Morgan fingerprint density at radius 2 is 2.19 bits per heavy atom. The molecule has 5 rings (SSSR count). The van der Waals surface area contributed by atoms with E-state index in [0.717, 1.165) is 33.6 Å². The molecular formula is C23H23N6O6S2+. The number of fused-ring (bicyclic) bond motifs is 2. The van der Waals surface area contributed by atoms with E-state index in [-0.39, 0.29) is 22.2 Å².